The van der Waals surface area contributed by atoms with Crippen molar-refractivity contribution in [2.24, 2.45) is 0 Å². The molecule has 5 heteroatoms. The molecule has 0 aliphatic carbocycles. The normalized spacial score (nSPS) is 13.6. The molecule has 68 valence electrons. The van der Waals surface area contributed by atoms with E-state index in [1.54, 1.807) is 0 Å². The molecule has 0 rings (SSSR count). The summed E-state index contributed by atoms with van der Waals surface area (Å²) >= 11 is 17.5. The molecule has 0 spiro atoms. The first-order valence-corrected chi connectivity index (χ1v) is 5.14. The maximum absolute atomic E-state index is 5.85. The number of halogens is 3. The van der Waals surface area contributed by atoms with Crippen molar-refractivity contribution in [2.75, 3.05) is 0 Å². The van der Waals surface area contributed by atoms with E-state index >= 15 is 0 Å². The number of nitrogens with one attached hydrogen (secondary N) is 1. The Bertz CT molecular complexity index is 113. The van der Waals surface area contributed by atoms with Gasteiger partial charge in [-0.25, -0.2) is 0 Å². The molecule has 0 aromatic rings. The Morgan fingerprint density at radius 3 is 1.18 bits per heavy atom. The van der Waals surface area contributed by atoms with E-state index in [0.29, 0.717) is 12.1 Å². The van der Waals surface area contributed by atoms with Crippen molar-refractivity contribution >= 4 is 38.9 Å². The van der Waals surface area contributed by atoms with Crippen LogP contribution in [0.5, 0.6) is 0 Å². The van der Waals surface area contributed by atoms with E-state index in [2.05, 4.69) is 27.7 Å². The van der Waals surface area contributed by atoms with Crippen LogP contribution in [0.3, 0.4) is 0 Å². The highest BCUT2D eigenvalue weighted by atomic mass is 35.6. The number of hydrogen-bond acceptors (Lipinski definition) is 0. The molecule has 0 unspecified atom stereocenters. The van der Waals surface area contributed by atoms with Crippen molar-refractivity contribution in [2.45, 2.75) is 39.8 Å². The highest BCUT2D eigenvalue weighted by Gasteiger charge is 2.33. The van der Waals surface area contributed by atoms with Crippen LogP contribution in [-0.4, -0.2) is 16.6 Å². The Balaban J connectivity index is 4.35. The fraction of sp³-hybridized carbons (Fsp3) is 1.00. The second-order valence-electron chi connectivity index (χ2n) is 3.38. The van der Waals surface area contributed by atoms with Crippen LogP contribution in [0.25, 0.3) is 0 Å². The van der Waals surface area contributed by atoms with Gasteiger partial charge in [-0.2, -0.15) is 0 Å². The molecule has 0 fully saturated rings. The smallest absolute Gasteiger partial charge is 0.461 e. The Morgan fingerprint density at radius 1 is 0.909 bits per heavy atom. The van der Waals surface area contributed by atoms with Gasteiger partial charge in [0.15, 0.2) is 0 Å². The van der Waals surface area contributed by atoms with Gasteiger partial charge in [0.25, 0.3) is 0 Å². The molecular weight excluding hydrogens is 203 g/mol. The minimum atomic E-state index is -1.82. The Labute approximate surface area is 83.7 Å². The number of rotatable bonds is 3. The van der Waals surface area contributed by atoms with Gasteiger partial charge >= 0.3 is 4.53 Å². The zero-order chi connectivity index (χ0) is 9.23. The Morgan fingerprint density at radius 2 is 1.18 bits per heavy atom. The van der Waals surface area contributed by atoms with Crippen molar-refractivity contribution in [3.63, 3.8) is 0 Å². The van der Waals surface area contributed by atoms with Crippen LogP contribution in [0.4, 0.5) is 0 Å². The van der Waals surface area contributed by atoms with Crippen LogP contribution in [0.2, 0.25) is 0 Å². The topological polar surface area (TPSA) is 4.44 Å². The third-order valence-corrected chi connectivity index (χ3v) is 2.47. The minimum Gasteiger partial charge on any atom is -0.481 e. The van der Waals surface area contributed by atoms with Gasteiger partial charge in [0.2, 0.25) is 0 Å². The third-order valence-electron chi connectivity index (χ3n) is 1.71. The maximum atomic E-state index is 5.85. The summed E-state index contributed by atoms with van der Waals surface area (Å²) in [4.78, 5) is 1.04. The Kier molecular flexibility index (Phi) is 4.57. The van der Waals surface area contributed by atoms with Crippen LogP contribution in [0.15, 0.2) is 0 Å². The molecule has 0 aliphatic rings. The van der Waals surface area contributed by atoms with Gasteiger partial charge in [-0.3, -0.25) is 34.4 Å². The first kappa shape index (κ1) is 11.9. The van der Waals surface area contributed by atoms with Crippen LogP contribution in [-0.2, 0) is 0 Å². The summed E-state index contributed by atoms with van der Waals surface area (Å²) in [7, 11) is 0. The van der Waals surface area contributed by atoms with Gasteiger partial charge in [-0.1, -0.05) is 0 Å². The molecule has 0 aromatic carbocycles. The molecule has 0 bridgehead atoms. The van der Waals surface area contributed by atoms with E-state index in [4.69, 9.17) is 34.4 Å². The molecule has 0 aromatic heterocycles. The minimum absolute atomic E-state index is 0.350. The highest BCUT2D eigenvalue weighted by molar-refractivity contribution is 7.61. The van der Waals surface area contributed by atoms with Crippen molar-refractivity contribution in [3.05, 3.63) is 0 Å². The summed E-state index contributed by atoms with van der Waals surface area (Å²) in [5.41, 5.74) is 0. The van der Waals surface area contributed by atoms with E-state index in [9.17, 15) is 0 Å². The fourth-order valence-corrected chi connectivity index (χ4v) is 2.93. The lowest BCUT2D eigenvalue weighted by Gasteiger charge is -2.40. The first-order chi connectivity index (χ1) is 4.76. The largest absolute Gasteiger partial charge is 0.481 e. The zero-order valence-electron chi connectivity index (χ0n) is 7.37. The summed E-state index contributed by atoms with van der Waals surface area (Å²) in [6.45, 7) is 8.22. The average molecular weight is 218 g/mol. The monoisotopic (exact) mass is 217 g/mol. The summed E-state index contributed by atoms with van der Waals surface area (Å²) in [6, 6.07) is 0.699. The van der Waals surface area contributed by atoms with Gasteiger partial charge < -0.3 is 4.81 Å². The fourth-order valence-electron chi connectivity index (χ4n) is 1.42. The third kappa shape index (κ3) is 3.89. The zero-order valence-corrected chi connectivity index (χ0v) is 9.63. The van der Waals surface area contributed by atoms with Crippen molar-refractivity contribution in [1.29, 1.82) is 0 Å². The standard InChI is InChI=1S/C6H15BCl3N/c1-5(2)11(6(3)4)7(8,9)10/h5-6,11H,1-4H3. The van der Waals surface area contributed by atoms with Crippen molar-refractivity contribution < 1.29 is 4.81 Å². The molecule has 0 heterocycles. The predicted molar refractivity (Wildman–Crippen MR) is 54.5 cm³/mol. The molecular formula is C6H15BCl3N. The van der Waals surface area contributed by atoms with Gasteiger partial charge in [-0.05, 0) is 27.7 Å². The van der Waals surface area contributed by atoms with Crippen LogP contribution in [0, 0.1) is 0 Å². The molecule has 0 radical (unpaired) electrons. The van der Waals surface area contributed by atoms with Gasteiger partial charge in [0, 0.05) is 12.1 Å². The highest BCUT2D eigenvalue weighted by Crippen LogP contribution is 2.12. The number of hydrogen-bond donors (Lipinski definition) is 1. The predicted octanol–water partition coefficient (Wildman–Crippen LogP) is 1.84. The SMILES string of the molecule is CC(C)[NH+](C(C)C)[B-](Cl)(Cl)Cl. The summed E-state index contributed by atoms with van der Waals surface area (Å²) < 4.78 is -1.82. The van der Waals surface area contributed by atoms with Crippen LogP contribution < -0.4 is 4.81 Å². The average Bonchev–Trinajstić information content (AvgIpc) is 1.54. The van der Waals surface area contributed by atoms with E-state index in [1.807, 2.05) is 0 Å². The summed E-state index contributed by atoms with van der Waals surface area (Å²) in [6.07, 6.45) is 0. The van der Waals surface area contributed by atoms with E-state index in [-0.39, 0.29) is 0 Å². The molecule has 1 N–H and O–H groups in total. The lowest BCUT2D eigenvalue weighted by molar-refractivity contribution is -0.836. The maximum Gasteiger partial charge on any atom is 0.461 e. The van der Waals surface area contributed by atoms with Crippen molar-refractivity contribution in [3.8, 4) is 0 Å². The first-order valence-electron chi connectivity index (χ1n) is 3.83. The molecule has 1 nitrogen and oxygen atoms in total. The molecule has 0 atom stereocenters. The van der Waals surface area contributed by atoms with E-state index in [1.165, 1.54) is 0 Å². The van der Waals surface area contributed by atoms with Gasteiger partial charge in [0.05, 0.1) is 0 Å². The molecule has 0 saturated heterocycles. The van der Waals surface area contributed by atoms with E-state index < -0.39 is 4.53 Å². The van der Waals surface area contributed by atoms with Crippen LogP contribution in [0.1, 0.15) is 27.7 Å². The Hall–Kier alpha value is 0.895. The molecule has 0 amide bonds. The molecule has 11 heavy (non-hydrogen) atoms. The second-order valence-corrected chi connectivity index (χ2v) is 6.02. The molecule has 0 saturated carbocycles. The second kappa shape index (κ2) is 4.22. The lowest BCUT2D eigenvalue weighted by Crippen LogP contribution is -3.24. The van der Waals surface area contributed by atoms with Crippen LogP contribution >= 0.6 is 34.4 Å². The summed E-state index contributed by atoms with van der Waals surface area (Å²) in [5, 5.41) is 0. The van der Waals surface area contributed by atoms with Gasteiger partial charge in [0.1, 0.15) is 0 Å². The molecule has 0 aliphatic heterocycles. The van der Waals surface area contributed by atoms with Gasteiger partial charge in [-0.15, -0.1) is 0 Å². The lowest BCUT2D eigenvalue weighted by atomic mass is 10.1. The number of quaternary nitrogens is 1. The van der Waals surface area contributed by atoms with Crippen molar-refractivity contribution in [1.82, 2.24) is 0 Å². The summed E-state index contributed by atoms with van der Waals surface area (Å²) in [5.74, 6) is 0. The quantitative estimate of drug-likeness (QED) is 0.690. The van der Waals surface area contributed by atoms with E-state index in [0.717, 1.165) is 4.81 Å².